The molecule has 0 aliphatic rings. The summed E-state index contributed by atoms with van der Waals surface area (Å²) in [7, 11) is 0. The van der Waals surface area contributed by atoms with Crippen molar-refractivity contribution in [2.75, 3.05) is 6.54 Å². The maximum absolute atomic E-state index is 3.59. The van der Waals surface area contributed by atoms with Gasteiger partial charge in [0, 0.05) is 6.54 Å². The van der Waals surface area contributed by atoms with Gasteiger partial charge < -0.3 is 5.32 Å². The number of rotatable bonds is 16. The van der Waals surface area contributed by atoms with E-state index in [1.807, 2.05) is 0 Å². The molecule has 1 nitrogen and oxygen atoms in total. The molecular formula is C23H41N. The molecule has 0 aliphatic carbocycles. The Morgan fingerprint density at radius 3 is 1.96 bits per heavy atom. The van der Waals surface area contributed by atoms with Crippen LogP contribution in [0.1, 0.15) is 96.5 Å². The minimum absolute atomic E-state index is 0.988. The zero-order chi connectivity index (χ0) is 17.3. The Labute approximate surface area is 151 Å². The molecule has 0 fully saturated rings. The fourth-order valence-electron chi connectivity index (χ4n) is 3.49. The van der Waals surface area contributed by atoms with E-state index in [0.717, 1.165) is 19.0 Å². The lowest BCUT2D eigenvalue weighted by Gasteiger charge is -2.17. The molecule has 0 heterocycles. The van der Waals surface area contributed by atoms with E-state index in [0.29, 0.717) is 0 Å². The van der Waals surface area contributed by atoms with Gasteiger partial charge in [-0.2, -0.15) is 0 Å². The summed E-state index contributed by atoms with van der Waals surface area (Å²) in [6, 6.07) is 10.7. The van der Waals surface area contributed by atoms with Crippen LogP contribution in [0.3, 0.4) is 0 Å². The summed E-state index contributed by atoms with van der Waals surface area (Å²) in [4.78, 5) is 0. The third-order valence-electron chi connectivity index (χ3n) is 5.07. The highest BCUT2D eigenvalue weighted by Crippen LogP contribution is 2.23. The van der Waals surface area contributed by atoms with Gasteiger partial charge in [-0.25, -0.2) is 0 Å². The van der Waals surface area contributed by atoms with Gasteiger partial charge in [0.1, 0.15) is 0 Å². The number of hydrogen-bond donors (Lipinski definition) is 1. The van der Waals surface area contributed by atoms with Crippen LogP contribution >= 0.6 is 0 Å². The van der Waals surface area contributed by atoms with Crippen molar-refractivity contribution in [3.8, 4) is 0 Å². The van der Waals surface area contributed by atoms with Crippen molar-refractivity contribution >= 4 is 0 Å². The molecule has 1 aromatic carbocycles. The monoisotopic (exact) mass is 331 g/mol. The highest BCUT2D eigenvalue weighted by atomic mass is 14.8. The molecule has 24 heavy (non-hydrogen) atoms. The Balaban J connectivity index is 2.08. The second-order valence-corrected chi connectivity index (χ2v) is 7.37. The van der Waals surface area contributed by atoms with Crippen LogP contribution in [0.2, 0.25) is 0 Å². The summed E-state index contributed by atoms with van der Waals surface area (Å²) in [5, 5.41) is 3.59. The average Bonchev–Trinajstić information content (AvgIpc) is 2.62. The normalized spacial score (nSPS) is 12.4. The summed E-state index contributed by atoms with van der Waals surface area (Å²) in [5.74, 6) is 0.988. The highest BCUT2D eigenvalue weighted by Gasteiger charge is 2.08. The number of hydrogen-bond acceptors (Lipinski definition) is 1. The zero-order valence-electron chi connectivity index (χ0n) is 16.4. The first-order valence-corrected chi connectivity index (χ1v) is 10.6. The van der Waals surface area contributed by atoms with Gasteiger partial charge in [-0.15, -0.1) is 0 Å². The molecule has 1 rings (SSSR count). The van der Waals surface area contributed by atoms with Gasteiger partial charge >= 0.3 is 0 Å². The van der Waals surface area contributed by atoms with Crippen molar-refractivity contribution in [2.24, 2.45) is 5.92 Å². The lowest BCUT2D eigenvalue weighted by molar-refractivity contribution is 0.370. The van der Waals surface area contributed by atoms with E-state index < -0.39 is 0 Å². The molecule has 0 aliphatic heterocycles. The molecule has 0 saturated carbocycles. The summed E-state index contributed by atoms with van der Waals surface area (Å²) in [5.41, 5.74) is 1.39. The summed E-state index contributed by atoms with van der Waals surface area (Å²) in [6.45, 7) is 6.79. The lowest BCUT2D eigenvalue weighted by atomic mass is 9.90. The lowest BCUT2D eigenvalue weighted by Crippen LogP contribution is -2.15. The first kappa shape index (κ1) is 21.2. The molecule has 0 amide bonds. The van der Waals surface area contributed by atoms with Gasteiger partial charge in [0.25, 0.3) is 0 Å². The Bertz CT molecular complexity index is 360. The quantitative estimate of drug-likeness (QED) is 0.318. The molecule has 0 bridgehead atoms. The summed E-state index contributed by atoms with van der Waals surface area (Å²) >= 11 is 0. The van der Waals surface area contributed by atoms with E-state index >= 15 is 0 Å². The second-order valence-electron chi connectivity index (χ2n) is 7.37. The van der Waals surface area contributed by atoms with E-state index in [9.17, 15) is 0 Å². The first-order valence-electron chi connectivity index (χ1n) is 10.6. The van der Waals surface area contributed by atoms with Gasteiger partial charge in [0.2, 0.25) is 0 Å². The van der Waals surface area contributed by atoms with E-state index in [-0.39, 0.29) is 0 Å². The standard InChI is InChI=1S/C23H41N/c1-3-5-7-10-16-22(15-9-6-4-2)17-13-14-20-24-21-23-18-11-8-12-19-23/h8,11-12,18-19,22,24H,3-7,9-10,13-17,20-21H2,1-2H3. The molecule has 0 saturated heterocycles. The van der Waals surface area contributed by atoms with Gasteiger partial charge in [0.05, 0.1) is 0 Å². The SMILES string of the molecule is CCCCCCC(CCCCC)CCCCNCc1ccccc1. The third kappa shape index (κ3) is 11.7. The van der Waals surface area contributed by atoms with Crippen LogP contribution in [0.5, 0.6) is 0 Å². The van der Waals surface area contributed by atoms with Crippen molar-refractivity contribution in [3.63, 3.8) is 0 Å². The molecular weight excluding hydrogens is 290 g/mol. The molecule has 1 N–H and O–H groups in total. The molecule has 0 aromatic heterocycles. The Hall–Kier alpha value is -0.820. The predicted octanol–water partition coefficient (Wildman–Crippen LogP) is 7.11. The van der Waals surface area contributed by atoms with Crippen LogP contribution in [0, 0.1) is 5.92 Å². The molecule has 1 unspecified atom stereocenters. The average molecular weight is 332 g/mol. The maximum Gasteiger partial charge on any atom is 0.0205 e. The highest BCUT2D eigenvalue weighted by molar-refractivity contribution is 5.14. The van der Waals surface area contributed by atoms with E-state index in [1.165, 1.54) is 82.6 Å². The number of nitrogens with one attached hydrogen (secondary N) is 1. The van der Waals surface area contributed by atoms with Crippen molar-refractivity contribution in [1.29, 1.82) is 0 Å². The number of unbranched alkanes of at least 4 members (excludes halogenated alkanes) is 6. The molecule has 0 radical (unpaired) electrons. The van der Waals surface area contributed by atoms with Gasteiger partial charge in [0.15, 0.2) is 0 Å². The van der Waals surface area contributed by atoms with Crippen molar-refractivity contribution in [2.45, 2.75) is 97.4 Å². The number of benzene rings is 1. The van der Waals surface area contributed by atoms with Crippen LogP contribution in [0.25, 0.3) is 0 Å². The van der Waals surface area contributed by atoms with Crippen molar-refractivity contribution in [3.05, 3.63) is 35.9 Å². The zero-order valence-corrected chi connectivity index (χ0v) is 16.4. The topological polar surface area (TPSA) is 12.0 Å². The van der Waals surface area contributed by atoms with E-state index in [2.05, 4.69) is 49.5 Å². The second kappa shape index (κ2) is 15.7. The van der Waals surface area contributed by atoms with Crippen LogP contribution in [-0.2, 0) is 6.54 Å². The molecule has 138 valence electrons. The van der Waals surface area contributed by atoms with E-state index in [1.54, 1.807) is 0 Å². The van der Waals surface area contributed by atoms with Crippen LogP contribution in [-0.4, -0.2) is 6.54 Å². The fraction of sp³-hybridized carbons (Fsp3) is 0.739. The molecule has 1 atom stereocenters. The predicted molar refractivity (Wildman–Crippen MR) is 108 cm³/mol. The smallest absolute Gasteiger partial charge is 0.0205 e. The van der Waals surface area contributed by atoms with Crippen LogP contribution < -0.4 is 5.32 Å². The summed E-state index contributed by atoms with van der Waals surface area (Å²) < 4.78 is 0. The Morgan fingerprint density at radius 2 is 1.29 bits per heavy atom. The van der Waals surface area contributed by atoms with E-state index in [4.69, 9.17) is 0 Å². The summed E-state index contributed by atoms with van der Waals surface area (Å²) in [6.07, 6.45) is 17.0. The fourth-order valence-corrected chi connectivity index (χ4v) is 3.49. The molecule has 1 heteroatoms. The largest absolute Gasteiger partial charge is 0.313 e. The Morgan fingerprint density at radius 1 is 0.708 bits per heavy atom. The minimum atomic E-state index is 0.988. The van der Waals surface area contributed by atoms with Crippen LogP contribution in [0.15, 0.2) is 30.3 Å². The minimum Gasteiger partial charge on any atom is -0.313 e. The van der Waals surface area contributed by atoms with Gasteiger partial charge in [-0.3, -0.25) is 0 Å². The van der Waals surface area contributed by atoms with Crippen molar-refractivity contribution < 1.29 is 0 Å². The molecule has 1 aromatic rings. The maximum atomic E-state index is 3.59. The Kier molecular flexibility index (Phi) is 13.9. The van der Waals surface area contributed by atoms with Gasteiger partial charge in [-0.1, -0.05) is 115 Å². The third-order valence-corrected chi connectivity index (χ3v) is 5.07. The molecule has 0 spiro atoms. The van der Waals surface area contributed by atoms with Gasteiger partial charge in [-0.05, 0) is 24.4 Å². The van der Waals surface area contributed by atoms with Crippen LogP contribution in [0.4, 0.5) is 0 Å². The van der Waals surface area contributed by atoms with Crippen molar-refractivity contribution in [1.82, 2.24) is 5.32 Å². The first-order chi connectivity index (χ1) is 11.9.